The van der Waals surface area contributed by atoms with Crippen molar-refractivity contribution in [2.24, 2.45) is 0 Å². The van der Waals surface area contributed by atoms with Gasteiger partial charge in [0.05, 0.1) is 5.69 Å². The van der Waals surface area contributed by atoms with Crippen LogP contribution in [0.4, 0.5) is 0 Å². The Labute approximate surface area is 132 Å². The third-order valence-corrected chi connectivity index (χ3v) is 4.85. The van der Waals surface area contributed by atoms with Gasteiger partial charge in [0.2, 0.25) is 5.91 Å². The van der Waals surface area contributed by atoms with E-state index in [1.165, 1.54) is 0 Å². The van der Waals surface area contributed by atoms with E-state index in [0.717, 1.165) is 22.1 Å². The molecule has 0 bridgehead atoms. The Kier molecular flexibility index (Phi) is 6.08. The zero-order valence-electron chi connectivity index (χ0n) is 12.3. The third kappa shape index (κ3) is 4.46. The number of amides is 1. The van der Waals surface area contributed by atoms with Crippen LogP contribution < -0.4 is 5.32 Å². The maximum absolute atomic E-state index is 12.0. The summed E-state index contributed by atoms with van der Waals surface area (Å²) in [7, 11) is 0. The van der Waals surface area contributed by atoms with Crippen LogP contribution in [0.3, 0.4) is 0 Å². The van der Waals surface area contributed by atoms with Crippen LogP contribution in [0.2, 0.25) is 0 Å². The number of thioether (sulfide) groups is 1. The lowest BCUT2D eigenvalue weighted by Gasteiger charge is -2.16. The molecule has 2 heterocycles. The summed E-state index contributed by atoms with van der Waals surface area (Å²) in [5.41, 5.74) is 2.12. The van der Waals surface area contributed by atoms with Crippen molar-refractivity contribution in [3.05, 3.63) is 23.0 Å². The monoisotopic (exact) mass is 327 g/mol. The first-order valence-corrected chi connectivity index (χ1v) is 9.22. The number of thiazole rings is 1. The largest absolute Gasteiger partial charge is 0.396 e. The molecule has 1 atom stereocenters. The number of carbonyl (C=O) groups is 1. The van der Waals surface area contributed by atoms with Gasteiger partial charge in [-0.3, -0.25) is 9.20 Å². The lowest BCUT2D eigenvalue weighted by Crippen LogP contribution is -2.37. The van der Waals surface area contributed by atoms with Crippen molar-refractivity contribution >= 4 is 34.0 Å². The van der Waals surface area contributed by atoms with Gasteiger partial charge < -0.3 is 10.4 Å². The minimum absolute atomic E-state index is 0.0405. The molecule has 21 heavy (non-hydrogen) atoms. The molecule has 0 aliphatic heterocycles. The van der Waals surface area contributed by atoms with Crippen molar-refractivity contribution in [2.75, 3.05) is 18.6 Å². The maximum atomic E-state index is 12.0. The smallest absolute Gasteiger partial charge is 0.220 e. The van der Waals surface area contributed by atoms with E-state index in [1.54, 1.807) is 23.1 Å². The summed E-state index contributed by atoms with van der Waals surface area (Å²) in [4.78, 5) is 17.4. The molecule has 0 aliphatic carbocycles. The Hall–Kier alpha value is -1.05. The fourth-order valence-corrected chi connectivity index (χ4v) is 3.82. The van der Waals surface area contributed by atoms with Gasteiger partial charge in [0.25, 0.3) is 0 Å². The van der Waals surface area contributed by atoms with Gasteiger partial charge in [-0.2, -0.15) is 11.8 Å². The van der Waals surface area contributed by atoms with Crippen molar-refractivity contribution in [3.8, 4) is 0 Å². The molecule has 0 saturated carbocycles. The summed E-state index contributed by atoms with van der Waals surface area (Å²) in [6, 6.07) is 0.0514. The summed E-state index contributed by atoms with van der Waals surface area (Å²) in [6.45, 7) is 2.07. The average Bonchev–Trinajstić information content (AvgIpc) is 2.96. The van der Waals surface area contributed by atoms with Gasteiger partial charge in [-0.25, -0.2) is 4.98 Å². The molecule has 0 aromatic carbocycles. The van der Waals surface area contributed by atoms with E-state index >= 15 is 0 Å². The number of hydrogen-bond acceptors (Lipinski definition) is 5. The molecule has 5 nitrogen and oxygen atoms in total. The Morgan fingerprint density at radius 3 is 3.14 bits per heavy atom. The average molecular weight is 327 g/mol. The van der Waals surface area contributed by atoms with Gasteiger partial charge in [0.1, 0.15) is 0 Å². The number of aliphatic hydroxyl groups excluding tert-OH is 1. The summed E-state index contributed by atoms with van der Waals surface area (Å²) in [5, 5.41) is 14.1. The molecular weight excluding hydrogens is 306 g/mol. The number of fused-ring (bicyclic) bond motifs is 1. The van der Waals surface area contributed by atoms with E-state index in [1.807, 2.05) is 19.4 Å². The fourth-order valence-electron chi connectivity index (χ4n) is 2.22. The molecule has 1 amide bonds. The highest BCUT2D eigenvalue weighted by atomic mass is 32.2. The lowest BCUT2D eigenvalue weighted by molar-refractivity contribution is -0.121. The van der Waals surface area contributed by atoms with Gasteiger partial charge >= 0.3 is 0 Å². The zero-order chi connectivity index (χ0) is 15.2. The second-order valence-corrected chi connectivity index (χ2v) is 6.74. The zero-order valence-corrected chi connectivity index (χ0v) is 14.0. The van der Waals surface area contributed by atoms with E-state index in [4.69, 9.17) is 5.11 Å². The first-order chi connectivity index (χ1) is 10.1. The molecule has 0 fully saturated rings. The molecule has 1 unspecified atom stereocenters. The predicted octanol–water partition coefficient (Wildman–Crippen LogP) is 1.87. The minimum atomic E-state index is 0.0405. The maximum Gasteiger partial charge on any atom is 0.220 e. The first kappa shape index (κ1) is 16.3. The molecule has 0 saturated heterocycles. The standard InChI is InChI=1S/C14H21N3O2S2/c1-10-7-17-12(9-21-14(17)15-10)3-4-13(19)16-11(5-6-18)8-20-2/h7,9,11,18H,3-6,8H2,1-2H3,(H,16,19). The second kappa shape index (κ2) is 7.82. The summed E-state index contributed by atoms with van der Waals surface area (Å²) >= 11 is 3.28. The van der Waals surface area contributed by atoms with Crippen molar-refractivity contribution in [1.82, 2.24) is 14.7 Å². The van der Waals surface area contributed by atoms with Crippen LogP contribution in [0.15, 0.2) is 11.6 Å². The van der Waals surface area contributed by atoms with Crippen molar-refractivity contribution in [2.45, 2.75) is 32.2 Å². The highest BCUT2D eigenvalue weighted by Crippen LogP contribution is 2.17. The summed E-state index contributed by atoms with van der Waals surface area (Å²) < 4.78 is 2.06. The first-order valence-electron chi connectivity index (χ1n) is 6.95. The van der Waals surface area contributed by atoms with E-state index in [2.05, 4.69) is 20.1 Å². The quantitative estimate of drug-likeness (QED) is 0.777. The van der Waals surface area contributed by atoms with Crippen LogP contribution in [0.25, 0.3) is 4.96 Å². The van der Waals surface area contributed by atoms with Crippen LogP contribution in [0.5, 0.6) is 0 Å². The van der Waals surface area contributed by atoms with E-state index in [0.29, 0.717) is 19.3 Å². The number of hydrogen-bond donors (Lipinski definition) is 2. The van der Waals surface area contributed by atoms with Crippen molar-refractivity contribution in [1.29, 1.82) is 0 Å². The molecule has 0 radical (unpaired) electrons. The minimum Gasteiger partial charge on any atom is -0.396 e. The molecule has 0 aliphatic rings. The van der Waals surface area contributed by atoms with Crippen molar-refractivity contribution in [3.63, 3.8) is 0 Å². The van der Waals surface area contributed by atoms with Crippen LogP contribution in [-0.2, 0) is 11.2 Å². The van der Waals surface area contributed by atoms with Gasteiger partial charge in [-0.05, 0) is 26.0 Å². The molecule has 7 heteroatoms. The number of aliphatic hydroxyl groups is 1. The molecule has 116 valence electrons. The molecule has 0 spiro atoms. The second-order valence-electron chi connectivity index (χ2n) is 4.99. The number of aromatic nitrogens is 2. The molecule has 2 N–H and O–H groups in total. The fraction of sp³-hybridized carbons (Fsp3) is 0.571. The highest BCUT2D eigenvalue weighted by molar-refractivity contribution is 7.98. The lowest BCUT2D eigenvalue weighted by atomic mass is 10.2. The predicted molar refractivity (Wildman–Crippen MR) is 88.1 cm³/mol. The van der Waals surface area contributed by atoms with Crippen LogP contribution in [0.1, 0.15) is 24.2 Å². The van der Waals surface area contributed by atoms with Gasteiger partial charge in [-0.15, -0.1) is 11.3 Å². The Balaban J connectivity index is 1.88. The van der Waals surface area contributed by atoms with Crippen LogP contribution in [0, 0.1) is 6.92 Å². The normalized spacial score (nSPS) is 12.7. The summed E-state index contributed by atoms with van der Waals surface area (Å²) in [5.74, 6) is 0.870. The number of carbonyl (C=O) groups excluding carboxylic acids is 1. The van der Waals surface area contributed by atoms with Gasteiger partial charge in [-0.1, -0.05) is 0 Å². The van der Waals surface area contributed by atoms with Crippen LogP contribution in [-0.4, -0.2) is 45.1 Å². The number of aryl methyl sites for hydroxylation is 2. The van der Waals surface area contributed by atoms with Gasteiger partial charge in [0.15, 0.2) is 4.96 Å². The van der Waals surface area contributed by atoms with E-state index in [-0.39, 0.29) is 18.6 Å². The summed E-state index contributed by atoms with van der Waals surface area (Å²) in [6.07, 6.45) is 5.77. The Morgan fingerprint density at radius 1 is 1.62 bits per heavy atom. The molecular formula is C14H21N3O2S2. The number of rotatable bonds is 8. The topological polar surface area (TPSA) is 66.6 Å². The van der Waals surface area contributed by atoms with Crippen LogP contribution >= 0.6 is 23.1 Å². The Morgan fingerprint density at radius 2 is 2.43 bits per heavy atom. The molecule has 2 rings (SSSR count). The van der Waals surface area contributed by atoms with Crippen molar-refractivity contribution < 1.29 is 9.90 Å². The van der Waals surface area contributed by atoms with Gasteiger partial charge in [0, 0.05) is 42.1 Å². The third-order valence-electron chi connectivity index (χ3n) is 3.22. The van der Waals surface area contributed by atoms with E-state index in [9.17, 15) is 4.79 Å². The molecule has 2 aromatic heterocycles. The highest BCUT2D eigenvalue weighted by Gasteiger charge is 2.13. The number of nitrogens with zero attached hydrogens (tertiary/aromatic N) is 2. The SMILES string of the molecule is CSCC(CCO)NC(=O)CCc1csc2nc(C)cn12. The Bertz CT molecular complexity index is 588. The van der Waals surface area contributed by atoms with E-state index < -0.39 is 0 Å². The number of nitrogens with one attached hydrogen (secondary N) is 1. The molecule has 2 aromatic rings. The number of imidazole rings is 1.